The highest BCUT2D eigenvalue weighted by Gasteiger charge is 2.18. The molecule has 1 heterocycles. The highest BCUT2D eigenvalue weighted by Crippen LogP contribution is 2.25. The van der Waals surface area contributed by atoms with Crippen molar-refractivity contribution in [3.8, 4) is 0 Å². The van der Waals surface area contributed by atoms with Crippen molar-refractivity contribution in [1.82, 2.24) is 15.2 Å². The summed E-state index contributed by atoms with van der Waals surface area (Å²) in [4.78, 5) is 16.5. The van der Waals surface area contributed by atoms with Crippen LogP contribution in [0.15, 0.2) is 29.4 Å². The molecule has 0 saturated heterocycles. The maximum Gasteiger partial charge on any atom is 0.237 e. The fraction of sp³-hybridized carbons (Fsp3) is 0.400. The molecular formula is C15H20N4OS. The number of aromatic amines is 1. The Hall–Kier alpha value is -1.82. The highest BCUT2D eigenvalue weighted by molar-refractivity contribution is 8.00. The van der Waals surface area contributed by atoms with Gasteiger partial charge in [0.05, 0.1) is 5.25 Å². The molecular weight excluding hydrogens is 284 g/mol. The van der Waals surface area contributed by atoms with Gasteiger partial charge in [0.1, 0.15) is 5.82 Å². The summed E-state index contributed by atoms with van der Waals surface area (Å²) < 4.78 is 0. The van der Waals surface area contributed by atoms with Crippen LogP contribution in [0.4, 0.5) is 5.69 Å². The molecule has 0 bridgehead atoms. The van der Waals surface area contributed by atoms with Crippen molar-refractivity contribution < 1.29 is 4.79 Å². The Morgan fingerprint density at radius 2 is 2.00 bits per heavy atom. The Morgan fingerprint density at radius 1 is 1.29 bits per heavy atom. The number of hydrogen-bond acceptors (Lipinski definition) is 4. The zero-order valence-electron chi connectivity index (χ0n) is 12.7. The van der Waals surface area contributed by atoms with Gasteiger partial charge in [0.25, 0.3) is 0 Å². The minimum atomic E-state index is -0.264. The maximum absolute atomic E-state index is 12.3. The summed E-state index contributed by atoms with van der Waals surface area (Å²) in [5.41, 5.74) is 2.01. The molecule has 1 aromatic carbocycles. The van der Waals surface area contributed by atoms with Crippen LogP contribution < -0.4 is 5.32 Å². The second-order valence-electron chi connectivity index (χ2n) is 5.19. The normalized spacial score (nSPS) is 12.4. The van der Waals surface area contributed by atoms with E-state index in [-0.39, 0.29) is 11.2 Å². The molecule has 2 rings (SSSR count). The minimum absolute atomic E-state index is 0.0458. The number of thioether (sulfide) groups is 1. The molecule has 1 atom stereocenters. The van der Waals surface area contributed by atoms with E-state index in [1.165, 1.54) is 11.8 Å². The molecule has 112 valence electrons. The van der Waals surface area contributed by atoms with Gasteiger partial charge < -0.3 is 5.32 Å². The van der Waals surface area contributed by atoms with E-state index < -0.39 is 0 Å². The van der Waals surface area contributed by atoms with E-state index in [2.05, 4.69) is 34.3 Å². The maximum atomic E-state index is 12.3. The van der Waals surface area contributed by atoms with E-state index in [9.17, 15) is 4.79 Å². The Labute approximate surface area is 128 Å². The van der Waals surface area contributed by atoms with Crippen molar-refractivity contribution in [2.24, 2.45) is 0 Å². The number of carbonyl (C=O) groups is 1. The van der Waals surface area contributed by atoms with Crippen LogP contribution in [0.1, 0.15) is 38.1 Å². The lowest BCUT2D eigenvalue weighted by molar-refractivity contribution is -0.115. The largest absolute Gasteiger partial charge is 0.325 e. The molecule has 0 fully saturated rings. The van der Waals surface area contributed by atoms with Gasteiger partial charge >= 0.3 is 0 Å². The third-order valence-electron chi connectivity index (χ3n) is 3.07. The molecule has 1 unspecified atom stereocenters. The van der Waals surface area contributed by atoms with E-state index in [1.807, 2.05) is 38.1 Å². The number of benzene rings is 1. The Morgan fingerprint density at radius 3 is 2.62 bits per heavy atom. The van der Waals surface area contributed by atoms with Gasteiger partial charge in [-0.05, 0) is 31.4 Å². The summed E-state index contributed by atoms with van der Waals surface area (Å²) in [6.45, 7) is 7.91. The van der Waals surface area contributed by atoms with Crippen molar-refractivity contribution in [3.63, 3.8) is 0 Å². The molecule has 0 aliphatic carbocycles. The molecule has 1 aromatic heterocycles. The van der Waals surface area contributed by atoms with Gasteiger partial charge in [0.2, 0.25) is 11.1 Å². The smallest absolute Gasteiger partial charge is 0.237 e. The van der Waals surface area contributed by atoms with Crippen LogP contribution >= 0.6 is 11.8 Å². The van der Waals surface area contributed by atoms with Crippen molar-refractivity contribution in [1.29, 1.82) is 0 Å². The van der Waals surface area contributed by atoms with Crippen molar-refractivity contribution in [2.75, 3.05) is 5.32 Å². The highest BCUT2D eigenvalue weighted by atomic mass is 32.2. The number of anilines is 1. The molecule has 6 heteroatoms. The molecule has 5 nitrogen and oxygen atoms in total. The van der Waals surface area contributed by atoms with Crippen molar-refractivity contribution >= 4 is 23.4 Å². The van der Waals surface area contributed by atoms with Crippen LogP contribution in [0, 0.1) is 6.92 Å². The first-order valence-electron chi connectivity index (χ1n) is 6.93. The molecule has 0 aliphatic rings. The van der Waals surface area contributed by atoms with Gasteiger partial charge in [0.15, 0.2) is 0 Å². The third-order valence-corrected chi connectivity index (χ3v) is 4.03. The molecule has 0 spiro atoms. The zero-order chi connectivity index (χ0) is 15.4. The molecule has 1 amide bonds. The van der Waals surface area contributed by atoms with Gasteiger partial charge in [-0.25, -0.2) is 4.98 Å². The van der Waals surface area contributed by atoms with Crippen LogP contribution in [0.3, 0.4) is 0 Å². The third kappa shape index (κ3) is 4.07. The van der Waals surface area contributed by atoms with Crippen LogP contribution in [-0.2, 0) is 4.79 Å². The molecule has 0 radical (unpaired) electrons. The van der Waals surface area contributed by atoms with Crippen LogP contribution in [0.2, 0.25) is 0 Å². The standard InChI is InChI=1S/C15H20N4OS/c1-9(2)12-7-5-6-8-13(12)17-14(20)10(3)21-15-16-11(4)18-19-15/h5-10H,1-4H3,(H,17,20)(H,16,18,19). The van der Waals surface area contributed by atoms with Crippen molar-refractivity contribution in [3.05, 3.63) is 35.7 Å². The monoisotopic (exact) mass is 304 g/mol. The van der Waals surface area contributed by atoms with Gasteiger partial charge in [-0.15, -0.1) is 5.10 Å². The molecule has 2 N–H and O–H groups in total. The van der Waals surface area contributed by atoms with Crippen LogP contribution in [-0.4, -0.2) is 26.3 Å². The fourth-order valence-electron chi connectivity index (χ4n) is 1.94. The number of H-pyrrole nitrogens is 1. The summed E-state index contributed by atoms with van der Waals surface area (Å²) in [5.74, 6) is 1.06. The quantitative estimate of drug-likeness (QED) is 0.831. The minimum Gasteiger partial charge on any atom is -0.325 e. The lowest BCUT2D eigenvalue weighted by atomic mass is 10.0. The summed E-state index contributed by atoms with van der Waals surface area (Å²) in [7, 11) is 0. The van der Waals surface area contributed by atoms with E-state index in [0.717, 1.165) is 17.1 Å². The Bertz CT molecular complexity index is 624. The number of aromatic nitrogens is 3. The van der Waals surface area contributed by atoms with Gasteiger partial charge in [-0.3, -0.25) is 9.89 Å². The number of rotatable bonds is 5. The summed E-state index contributed by atoms with van der Waals surface area (Å²) in [5, 5.41) is 10.1. The second kappa shape index (κ2) is 6.76. The molecule has 0 aliphatic heterocycles. The number of carbonyl (C=O) groups excluding carboxylic acids is 1. The number of nitrogens with one attached hydrogen (secondary N) is 2. The predicted octanol–water partition coefficient (Wildman–Crippen LogP) is 3.36. The van der Waals surface area contributed by atoms with Crippen LogP contribution in [0.25, 0.3) is 0 Å². The predicted molar refractivity (Wildman–Crippen MR) is 85.6 cm³/mol. The van der Waals surface area contributed by atoms with Crippen molar-refractivity contribution in [2.45, 2.75) is 44.0 Å². The van der Waals surface area contributed by atoms with Gasteiger partial charge in [0, 0.05) is 5.69 Å². The first-order valence-corrected chi connectivity index (χ1v) is 7.80. The number of para-hydroxylation sites is 1. The summed E-state index contributed by atoms with van der Waals surface area (Å²) in [6.07, 6.45) is 0. The Balaban J connectivity index is 2.04. The number of amides is 1. The lowest BCUT2D eigenvalue weighted by Crippen LogP contribution is -2.23. The van der Waals surface area contributed by atoms with E-state index in [4.69, 9.17) is 0 Å². The van der Waals surface area contributed by atoms with E-state index >= 15 is 0 Å². The average molecular weight is 304 g/mol. The first kappa shape index (κ1) is 15.6. The fourth-order valence-corrected chi connectivity index (χ4v) is 2.71. The average Bonchev–Trinajstić information content (AvgIpc) is 2.84. The molecule has 2 aromatic rings. The van der Waals surface area contributed by atoms with Gasteiger partial charge in [-0.2, -0.15) is 0 Å². The molecule has 21 heavy (non-hydrogen) atoms. The number of hydrogen-bond donors (Lipinski definition) is 2. The van der Waals surface area contributed by atoms with E-state index in [0.29, 0.717) is 11.1 Å². The second-order valence-corrected chi connectivity index (χ2v) is 6.50. The molecule has 0 saturated carbocycles. The Kier molecular flexibility index (Phi) is 5.01. The SMILES string of the molecule is Cc1nc(SC(C)C(=O)Nc2ccccc2C(C)C)n[nH]1. The summed E-state index contributed by atoms with van der Waals surface area (Å²) in [6, 6.07) is 7.88. The van der Waals surface area contributed by atoms with Gasteiger partial charge in [-0.1, -0.05) is 43.8 Å². The lowest BCUT2D eigenvalue weighted by Gasteiger charge is -2.15. The summed E-state index contributed by atoms with van der Waals surface area (Å²) >= 11 is 1.34. The van der Waals surface area contributed by atoms with E-state index in [1.54, 1.807) is 0 Å². The number of nitrogens with zero attached hydrogens (tertiary/aromatic N) is 2. The zero-order valence-corrected chi connectivity index (χ0v) is 13.5. The topological polar surface area (TPSA) is 70.7 Å². The van der Waals surface area contributed by atoms with Crippen LogP contribution in [0.5, 0.6) is 0 Å². The first-order chi connectivity index (χ1) is 9.97. The number of aryl methyl sites for hydroxylation is 1.